The first kappa shape index (κ1) is 10.7. The lowest BCUT2D eigenvalue weighted by Gasteiger charge is -2.11. The molecule has 3 nitrogen and oxygen atoms in total. The Hall–Kier alpha value is -1.42. The minimum atomic E-state index is -1.08. The first-order valence-corrected chi connectivity index (χ1v) is 4.22. The van der Waals surface area contributed by atoms with Crippen LogP contribution in [0.25, 0.3) is 0 Å². The molecule has 0 aromatic heterocycles. The van der Waals surface area contributed by atoms with Gasteiger partial charge in [0.05, 0.1) is 5.56 Å². The highest BCUT2D eigenvalue weighted by molar-refractivity contribution is 5.89. The normalized spacial score (nSPS) is 12.6. The molecule has 0 saturated carbocycles. The predicted molar refractivity (Wildman–Crippen MR) is 50.7 cm³/mol. The summed E-state index contributed by atoms with van der Waals surface area (Å²) >= 11 is 0. The van der Waals surface area contributed by atoms with Crippen molar-refractivity contribution in [3.05, 3.63) is 34.6 Å². The van der Waals surface area contributed by atoms with Gasteiger partial charge in [0, 0.05) is 6.04 Å². The zero-order chi connectivity index (χ0) is 10.9. The number of rotatable bonds is 2. The molecule has 1 aromatic rings. The molecule has 3 N–H and O–H groups in total. The SMILES string of the molecule is Cc1cc(C(=O)O)c(C(C)N)cc1F. The quantitative estimate of drug-likeness (QED) is 0.760. The van der Waals surface area contributed by atoms with Crippen molar-refractivity contribution < 1.29 is 14.3 Å². The predicted octanol–water partition coefficient (Wildman–Crippen LogP) is 1.85. The lowest BCUT2D eigenvalue weighted by Crippen LogP contribution is -2.12. The second-order valence-electron chi connectivity index (χ2n) is 3.28. The molecule has 76 valence electrons. The van der Waals surface area contributed by atoms with Crippen LogP contribution in [0.5, 0.6) is 0 Å². The van der Waals surface area contributed by atoms with Crippen LogP contribution in [-0.2, 0) is 0 Å². The molecule has 0 heterocycles. The van der Waals surface area contributed by atoms with Gasteiger partial charge in [-0.3, -0.25) is 0 Å². The molecule has 0 fully saturated rings. The molecular formula is C10H12FNO2. The second-order valence-corrected chi connectivity index (χ2v) is 3.28. The molecule has 0 aliphatic rings. The highest BCUT2D eigenvalue weighted by Crippen LogP contribution is 2.20. The van der Waals surface area contributed by atoms with E-state index in [-0.39, 0.29) is 5.56 Å². The molecule has 0 saturated heterocycles. The van der Waals surface area contributed by atoms with Crippen LogP contribution >= 0.6 is 0 Å². The van der Waals surface area contributed by atoms with Crippen molar-refractivity contribution in [3.63, 3.8) is 0 Å². The van der Waals surface area contributed by atoms with E-state index in [0.29, 0.717) is 11.1 Å². The van der Waals surface area contributed by atoms with Crippen molar-refractivity contribution in [3.8, 4) is 0 Å². The topological polar surface area (TPSA) is 63.3 Å². The Balaban J connectivity index is 3.39. The molecule has 0 radical (unpaired) electrons. The van der Waals surface area contributed by atoms with Crippen molar-refractivity contribution in [2.24, 2.45) is 5.73 Å². The summed E-state index contributed by atoms with van der Waals surface area (Å²) in [5, 5.41) is 8.85. The van der Waals surface area contributed by atoms with E-state index in [9.17, 15) is 9.18 Å². The lowest BCUT2D eigenvalue weighted by atomic mass is 9.99. The largest absolute Gasteiger partial charge is 0.478 e. The number of hydrogen-bond acceptors (Lipinski definition) is 2. The van der Waals surface area contributed by atoms with Gasteiger partial charge in [0.1, 0.15) is 5.82 Å². The number of carbonyl (C=O) groups is 1. The van der Waals surface area contributed by atoms with Crippen molar-refractivity contribution in [1.29, 1.82) is 0 Å². The van der Waals surface area contributed by atoms with Crippen molar-refractivity contribution in [1.82, 2.24) is 0 Å². The van der Waals surface area contributed by atoms with Gasteiger partial charge in [-0.1, -0.05) is 0 Å². The smallest absolute Gasteiger partial charge is 0.336 e. The van der Waals surface area contributed by atoms with E-state index < -0.39 is 17.8 Å². The highest BCUT2D eigenvalue weighted by Gasteiger charge is 2.15. The average Bonchev–Trinajstić information content (AvgIpc) is 2.08. The maximum atomic E-state index is 13.1. The van der Waals surface area contributed by atoms with E-state index in [1.165, 1.54) is 19.1 Å². The molecule has 1 rings (SSSR count). The van der Waals surface area contributed by atoms with Crippen molar-refractivity contribution >= 4 is 5.97 Å². The average molecular weight is 197 g/mol. The second kappa shape index (κ2) is 3.75. The fourth-order valence-corrected chi connectivity index (χ4v) is 1.26. The van der Waals surface area contributed by atoms with Crippen LogP contribution in [0, 0.1) is 12.7 Å². The van der Waals surface area contributed by atoms with Gasteiger partial charge in [-0.2, -0.15) is 0 Å². The Bertz CT molecular complexity index is 375. The number of aromatic carboxylic acids is 1. The molecule has 0 amide bonds. The fraction of sp³-hybridized carbons (Fsp3) is 0.300. The maximum absolute atomic E-state index is 13.1. The molecule has 14 heavy (non-hydrogen) atoms. The van der Waals surface area contributed by atoms with Crippen molar-refractivity contribution in [2.45, 2.75) is 19.9 Å². The van der Waals surface area contributed by atoms with Crippen LogP contribution in [0.1, 0.15) is 34.5 Å². The zero-order valence-electron chi connectivity index (χ0n) is 8.04. The maximum Gasteiger partial charge on any atom is 0.336 e. The molecule has 4 heteroatoms. The summed E-state index contributed by atoms with van der Waals surface area (Å²) in [6, 6.07) is 2.00. The van der Waals surface area contributed by atoms with Gasteiger partial charge in [-0.25, -0.2) is 9.18 Å². The Kier molecular flexibility index (Phi) is 2.86. The van der Waals surface area contributed by atoms with Gasteiger partial charge >= 0.3 is 5.97 Å². The fourth-order valence-electron chi connectivity index (χ4n) is 1.26. The van der Waals surface area contributed by atoms with Crippen LogP contribution in [-0.4, -0.2) is 11.1 Å². The Morgan fingerprint density at radius 2 is 2.14 bits per heavy atom. The monoisotopic (exact) mass is 197 g/mol. The number of benzene rings is 1. The van der Waals surface area contributed by atoms with E-state index in [4.69, 9.17) is 10.8 Å². The first-order chi connectivity index (χ1) is 6.43. The zero-order valence-corrected chi connectivity index (χ0v) is 8.04. The van der Waals surface area contributed by atoms with E-state index in [2.05, 4.69) is 0 Å². The lowest BCUT2D eigenvalue weighted by molar-refractivity contribution is 0.0695. The highest BCUT2D eigenvalue weighted by atomic mass is 19.1. The van der Waals surface area contributed by atoms with Crippen LogP contribution < -0.4 is 5.73 Å². The molecule has 0 aliphatic carbocycles. The minimum absolute atomic E-state index is 0.0684. The van der Waals surface area contributed by atoms with Gasteiger partial charge in [0.25, 0.3) is 0 Å². The number of nitrogens with two attached hydrogens (primary N) is 1. The summed E-state index contributed by atoms with van der Waals surface area (Å²) in [6.07, 6.45) is 0. The van der Waals surface area contributed by atoms with E-state index in [1.807, 2.05) is 0 Å². The van der Waals surface area contributed by atoms with Crippen LogP contribution in [0.2, 0.25) is 0 Å². The third-order valence-corrected chi connectivity index (χ3v) is 2.05. The van der Waals surface area contributed by atoms with Crippen LogP contribution in [0.3, 0.4) is 0 Å². The molecule has 0 bridgehead atoms. The van der Waals surface area contributed by atoms with Crippen molar-refractivity contribution in [2.75, 3.05) is 0 Å². The number of halogens is 1. The Labute approximate surface area is 81.4 Å². The van der Waals surface area contributed by atoms with Crippen LogP contribution in [0.15, 0.2) is 12.1 Å². The summed E-state index contributed by atoms with van der Waals surface area (Å²) in [5.74, 6) is -1.51. The summed E-state index contributed by atoms with van der Waals surface area (Å²) in [6.45, 7) is 3.14. The van der Waals surface area contributed by atoms with E-state index in [0.717, 1.165) is 0 Å². The number of aryl methyl sites for hydroxylation is 1. The first-order valence-electron chi connectivity index (χ1n) is 4.22. The summed E-state index contributed by atoms with van der Waals surface area (Å²) in [7, 11) is 0. The number of carboxylic acid groups (broad SMARTS) is 1. The molecule has 0 aliphatic heterocycles. The van der Waals surface area contributed by atoms with Gasteiger partial charge < -0.3 is 10.8 Å². The Morgan fingerprint density at radius 1 is 1.57 bits per heavy atom. The number of hydrogen-bond donors (Lipinski definition) is 2. The summed E-state index contributed by atoms with van der Waals surface area (Å²) in [4.78, 5) is 10.8. The molecule has 0 spiro atoms. The van der Waals surface area contributed by atoms with E-state index in [1.54, 1.807) is 6.92 Å². The molecular weight excluding hydrogens is 185 g/mol. The van der Waals surface area contributed by atoms with Gasteiger partial charge in [0.15, 0.2) is 0 Å². The minimum Gasteiger partial charge on any atom is -0.478 e. The van der Waals surface area contributed by atoms with Gasteiger partial charge in [0.2, 0.25) is 0 Å². The number of carboxylic acids is 1. The molecule has 1 aromatic carbocycles. The third-order valence-electron chi connectivity index (χ3n) is 2.05. The Morgan fingerprint density at radius 3 is 2.57 bits per heavy atom. The third kappa shape index (κ3) is 1.90. The molecule has 1 atom stereocenters. The van der Waals surface area contributed by atoms with Crippen LogP contribution in [0.4, 0.5) is 4.39 Å². The van der Waals surface area contributed by atoms with E-state index >= 15 is 0 Å². The summed E-state index contributed by atoms with van der Waals surface area (Å²) < 4.78 is 13.1. The molecule has 1 unspecified atom stereocenters. The summed E-state index contributed by atoms with van der Waals surface area (Å²) in [5.41, 5.74) is 6.24. The standard InChI is InChI=1S/C10H12FNO2/c1-5-3-8(10(13)14)7(6(2)12)4-9(5)11/h3-4,6H,12H2,1-2H3,(H,13,14). The van der Waals surface area contributed by atoms with Gasteiger partial charge in [-0.15, -0.1) is 0 Å². The van der Waals surface area contributed by atoms with Gasteiger partial charge in [-0.05, 0) is 37.1 Å².